The van der Waals surface area contributed by atoms with E-state index in [1.165, 1.54) is 29.7 Å². The zero-order valence-corrected chi connectivity index (χ0v) is 21.5. The number of imidazole rings is 1. The summed E-state index contributed by atoms with van der Waals surface area (Å²) in [6, 6.07) is 15.9. The monoisotopic (exact) mass is 508 g/mol. The second kappa shape index (κ2) is 10.0. The Bertz CT molecular complexity index is 1360. The Morgan fingerprint density at radius 3 is 2.74 bits per heavy atom. The van der Waals surface area contributed by atoms with Crippen molar-refractivity contribution < 1.29 is 9.53 Å². The number of fused-ring (bicyclic) bond motifs is 1. The van der Waals surface area contributed by atoms with Gasteiger partial charge in [0.25, 0.3) is 5.91 Å². The van der Waals surface area contributed by atoms with E-state index in [4.69, 9.17) is 22.1 Å². The van der Waals surface area contributed by atoms with Crippen LogP contribution in [0.3, 0.4) is 0 Å². The van der Waals surface area contributed by atoms with Gasteiger partial charge in [-0.1, -0.05) is 35.9 Å². The molecule has 2 aromatic heterocycles. The molecule has 0 radical (unpaired) electrons. The number of hydrogen-bond acceptors (Lipinski definition) is 5. The van der Waals surface area contributed by atoms with Crippen molar-refractivity contribution in [2.75, 3.05) is 20.1 Å². The van der Waals surface area contributed by atoms with E-state index < -0.39 is 5.91 Å². The quantitative estimate of drug-likeness (QED) is 0.339. The van der Waals surface area contributed by atoms with Crippen molar-refractivity contribution in [3.8, 4) is 10.8 Å². The highest BCUT2D eigenvalue weighted by Gasteiger charge is 2.22. The molecule has 1 saturated heterocycles. The van der Waals surface area contributed by atoms with E-state index >= 15 is 0 Å². The van der Waals surface area contributed by atoms with Crippen molar-refractivity contribution in [1.82, 2.24) is 14.5 Å². The zero-order valence-electron chi connectivity index (χ0n) is 19.9. The first-order chi connectivity index (χ1) is 16.9. The average Bonchev–Trinajstić information content (AvgIpc) is 3.44. The number of nitrogens with two attached hydrogens (primary N) is 1. The summed E-state index contributed by atoms with van der Waals surface area (Å²) < 4.78 is 8.20. The molecule has 2 aromatic carbocycles. The number of benzene rings is 2. The lowest BCUT2D eigenvalue weighted by Gasteiger charge is -2.28. The summed E-state index contributed by atoms with van der Waals surface area (Å²) in [5, 5.41) is 1.45. The highest BCUT2D eigenvalue weighted by Crippen LogP contribution is 2.37. The molecule has 1 fully saturated rings. The fourth-order valence-corrected chi connectivity index (χ4v) is 5.97. The maximum atomic E-state index is 12.3. The van der Waals surface area contributed by atoms with Crippen molar-refractivity contribution in [2.45, 2.75) is 32.3 Å². The van der Waals surface area contributed by atoms with E-state index in [1.54, 1.807) is 6.33 Å². The van der Waals surface area contributed by atoms with Crippen LogP contribution in [0.2, 0.25) is 5.02 Å². The molecule has 5 rings (SSSR count). The van der Waals surface area contributed by atoms with Gasteiger partial charge >= 0.3 is 0 Å². The number of thiophene rings is 1. The second-order valence-corrected chi connectivity index (χ2v) is 10.8. The minimum atomic E-state index is -0.519. The summed E-state index contributed by atoms with van der Waals surface area (Å²) in [4.78, 5) is 19.6. The third-order valence-electron chi connectivity index (χ3n) is 6.77. The zero-order chi connectivity index (χ0) is 24.5. The van der Waals surface area contributed by atoms with Crippen molar-refractivity contribution >= 4 is 39.9 Å². The van der Waals surface area contributed by atoms with Gasteiger partial charge in [-0.3, -0.25) is 9.36 Å². The van der Waals surface area contributed by atoms with Crippen LogP contribution >= 0.6 is 22.9 Å². The van der Waals surface area contributed by atoms with Crippen molar-refractivity contribution in [1.29, 1.82) is 0 Å². The van der Waals surface area contributed by atoms with Crippen LogP contribution in [-0.2, 0) is 6.42 Å². The minimum Gasteiger partial charge on any atom is -0.484 e. The number of ether oxygens (including phenoxy) is 1. The lowest BCUT2D eigenvalue weighted by Crippen LogP contribution is -2.30. The van der Waals surface area contributed by atoms with Gasteiger partial charge in [-0.05, 0) is 76.0 Å². The summed E-state index contributed by atoms with van der Waals surface area (Å²) in [6.07, 6.45) is 4.97. The van der Waals surface area contributed by atoms with Crippen LogP contribution in [-0.4, -0.2) is 40.5 Å². The number of piperidine rings is 1. The molecule has 35 heavy (non-hydrogen) atoms. The van der Waals surface area contributed by atoms with E-state index in [0.717, 1.165) is 41.1 Å². The predicted octanol–water partition coefficient (Wildman–Crippen LogP) is 5.86. The van der Waals surface area contributed by atoms with Crippen molar-refractivity contribution in [2.24, 2.45) is 11.7 Å². The van der Waals surface area contributed by atoms with Gasteiger partial charge in [-0.15, -0.1) is 11.3 Å². The van der Waals surface area contributed by atoms with E-state index in [9.17, 15) is 4.79 Å². The summed E-state index contributed by atoms with van der Waals surface area (Å²) in [6.45, 7) is 4.22. The lowest BCUT2D eigenvalue weighted by atomic mass is 9.90. The van der Waals surface area contributed by atoms with E-state index in [0.29, 0.717) is 21.6 Å². The molecule has 1 aliphatic rings. The van der Waals surface area contributed by atoms with E-state index in [1.807, 2.05) is 41.8 Å². The largest absolute Gasteiger partial charge is 0.484 e. The van der Waals surface area contributed by atoms with Crippen LogP contribution in [0.1, 0.15) is 46.7 Å². The third-order valence-corrected chi connectivity index (χ3v) is 8.24. The molecule has 0 spiro atoms. The number of primary amides is 1. The minimum absolute atomic E-state index is 0.343. The number of hydrogen-bond donors (Lipinski definition) is 1. The van der Waals surface area contributed by atoms with Crippen LogP contribution < -0.4 is 10.5 Å². The first-order valence-electron chi connectivity index (χ1n) is 11.9. The van der Waals surface area contributed by atoms with Crippen LogP contribution in [0.25, 0.3) is 16.0 Å². The molecule has 6 nitrogen and oxygen atoms in total. The number of amides is 1. The van der Waals surface area contributed by atoms with Gasteiger partial charge in [-0.25, -0.2) is 4.98 Å². The first kappa shape index (κ1) is 23.9. The average molecular weight is 509 g/mol. The van der Waals surface area contributed by atoms with Gasteiger partial charge < -0.3 is 15.4 Å². The normalized spacial score (nSPS) is 16.0. The first-order valence-corrected chi connectivity index (χ1v) is 13.1. The number of carbonyl (C=O) groups is 1. The van der Waals surface area contributed by atoms with Crippen molar-refractivity contribution in [3.63, 3.8) is 0 Å². The van der Waals surface area contributed by atoms with Gasteiger partial charge in [0.1, 0.15) is 28.1 Å². The standard InChI is InChI=1S/C27H29ClN4O2S/c1-17(20-5-3-4-6-21(20)28)34-24-15-25(35-26(24)27(29)33)32-16-30-22-8-7-19(14-23(22)32)13-18-9-11-31(2)12-10-18/h3-8,14-18H,9-13H2,1-2H3,(H2,29,33). The summed E-state index contributed by atoms with van der Waals surface area (Å²) in [7, 11) is 2.19. The van der Waals surface area contributed by atoms with Gasteiger partial charge in [0, 0.05) is 16.7 Å². The molecule has 0 saturated carbocycles. The molecule has 2 N–H and O–H groups in total. The van der Waals surface area contributed by atoms with Gasteiger partial charge in [0.2, 0.25) is 0 Å². The molecule has 0 bridgehead atoms. The molecule has 182 valence electrons. The Morgan fingerprint density at radius 2 is 2.00 bits per heavy atom. The number of aromatic nitrogens is 2. The Hall–Kier alpha value is -2.87. The molecule has 1 amide bonds. The van der Waals surface area contributed by atoms with Crippen LogP contribution in [0.15, 0.2) is 54.9 Å². The second-order valence-electron chi connectivity index (χ2n) is 9.31. The number of carbonyl (C=O) groups excluding carboxylic acids is 1. The SMILES string of the molecule is CC(Oc1cc(-n2cnc3ccc(CC4CCN(C)CC4)cc32)sc1C(N)=O)c1ccccc1Cl. The Morgan fingerprint density at radius 1 is 1.23 bits per heavy atom. The topological polar surface area (TPSA) is 73.4 Å². The third kappa shape index (κ3) is 5.08. The van der Waals surface area contributed by atoms with Gasteiger partial charge in [0.15, 0.2) is 0 Å². The number of halogens is 1. The van der Waals surface area contributed by atoms with Crippen molar-refractivity contribution in [3.05, 3.63) is 75.9 Å². The van der Waals surface area contributed by atoms with E-state index in [-0.39, 0.29) is 6.10 Å². The molecular formula is C27H29ClN4O2S. The molecule has 1 unspecified atom stereocenters. The van der Waals surface area contributed by atoms with Crippen LogP contribution in [0.4, 0.5) is 0 Å². The Kier molecular flexibility index (Phi) is 6.82. The molecule has 4 aromatic rings. The van der Waals surface area contributed by atoms with Crippen LogP contribution in [0.5, 0.6) is 5.75 Å². The van der Waals surface area contributed by atoms with Gasteiger partial charge in [0.05, 0.1) is 11.0 Å². The smallest absolute Gasteiger partial charge is 0.262 e. The van der Waals surface area contributed by atoms with Gasteiger partial charge in [-0.2, -0.15) is 0 Å². The number of likely N-dealkylation sites (tertiary alicyclic amines) is 1. The highest BCUT2D eigenvalue weighted by molar-refractivity contribution is 7.16. The molecule has 0 aliphatic carbocycles. The maximum absolute atomic E-state index is 12.3. The Balaban J connectivity index is 1.44. The highest BCUT2D eigenvalue weighted by atomic mass is 35.5. The van der Waals surface area contributed by atoms with E-state index in [2.05, 4.69) is 35.1 Å². The molecule has 1 atom stereocenters. The fraction of sp³-hybridized carbons (Fsp3) is 0.333. The fourth-order valence-electron chi connectivity index (χ4n) is 4.75. The predicted molar refractivity (Wildman–Crippen MR) is 142 cm³/mol. The number of nitrogens with zero attached hydrogens (tertiary/aromatic N) is 3. The summed E-state index contributed by atoms with van der Waals surface area (Å²) >= 11 is 7.66. The molecular weight excluding hydrogens is 480 g/mol. The molecule has 1 aliphatic heterocycles. The summed E-state index contributed by atoms with van der Waals surface area (Å²) in [5.74, 6) is 0.638. The Labute approximate surface area is 214 Å². The van der Waals surface area contributed by atoms with Crippen LogP contribution in [0, 0.1) is 5.92 Å². The molecule has 3 heterocycles. The lowest BCUT2D eigenvalue weighted by molar-refractivity contribution is 0.0998. The summed E-state index contributed by atoms with van der Waals surface area (Å²) in [5.41, 5.74) is 9.80. The number of rotatable bonds is 7. The molecule has 8 heteroatoms. The maximum Gasteiger partial charge on any atom is 0.262 e.